The monoisotopic (exact) mass is 484 g/mol. The Morgan fingerprint density at radius 2 is 0.861 bits per heavy atom. The predicted molar refractivity (Wildman–Crippen MR) is 160 cm³/mol. The van der Waals surface area contributed by atoms with E-state index in [1.54, 1.807) is 0 Å². The van der Waals surface area contributed by atoms with Gasteiger partial charge in [0.05, 0.1) is 6.04 Å². The molecule has 0 aliphatic carbocycles. The summed E-state index contributed by atoms with van der Waals surface area (Å²) in [6.45, 7) is 20.7. The van der Waals surface area contributed by atoms with Crippen LogP contribution >= 0.6 is 0 Å². The zero-order chi connectivity index (χ0) is 26.4. The average molecular weight is 485 g/mol. The highest BCUT2D eigenvalue weighted by Crippen LogP contribution is 2.37. The fourth-order valence-corrected chi connectivity index (χ4v) is 5.23. The lowest BCUT2D eigenvalue weighted by molar-refractivity contribution is 0.617. The zero-order valence-corrected chi connectivity index (χ0v) is 24.0. The van der Waals surface area contributed by atoms with Gasteiger partial charge in [0.25, 0.3) is 0 Å². The van der Waals surface area contributed by atoms with E-state index in [-0.39, 0.29) is 6.04 Å². The average Bonchev–Trinajstić information content (AvgIpc) is 2.83. The van der Waals surface area contributed by atoms with Gasteiger partial charge >= 0.3 is 0 Å². The maximum Gasteiger partial charge on any atom is 0.0533 e. The summed E-state index contributed by atoms with van der Waals surface area (Å²) in [4.78, 5) is 0. The zero-order valence-electron chi connectivity index (χ0n) is 24.0. The van der Waals surface area contributed by atoms with Crippen LogP contribution in [0, 0.1) is 0 Å². The van der Waals surface area contributed by atoms with Crippen molar-refractivity contribution in [2.24, 2.45) is 0 Å². The van der Waals surface area contributed by atoms with Gasteiger partial charge in [-0.25, -0.2) is 0 Å². The molecule has 2 nitrogen and oxygen atoms in total. The standard InChI is InChI=1S/C34H48N2/c1-22(2)28-17-13-18-29(23(3)4)33(28)35-26(9)21-32(27-15-11-10-12-16-27)36-34-30(24(5)6)19-14-20-31(34)25(7)8/h10-20,22-26,32,35-36H,21H2,1-9H3. The second-order valence-corrected chi connectivity index (χ2v) is 11.6. The van der Waals surface area contributed by atoms with Crippen molar-refractivity contribution < 1.29 is 0 Å². The molecule has 0 spiro atoms. The van der Waals surface area contributed by atoms with Gasteiger partial charge in [-0.2, -0.15) is 0 Å². The van der Waals surface area contributed by atoms with Crippen LogP contribution in [0.3, 0.4) is 0 Å². The van der Waals surface area contributed by atoms with Crippen molar-refractivity contribution in [1.29, 1.82) is 0 Å². The molecular weight excluding hydrogens is 436 g/mol. The third-order valence-corrected chi connectivity index (χ3v) is 7.25. The number of rotatable bonds is 11. The lowest BCUT2D eigenvalue weighted by Gasteiger charge is -2.30. The highest BCUT2D eigenvalue weighted by Gasteiger charge is 2.22. The van der Waals surface area contributed by atoms with Gasteiger partial charge in [0.2, 0.25) is 0 Å². The largest absolute Gasteiger partial charge is 0.382 e. The molecule has 0 saturated heterocycles. The maximum atomic E-state index is 4.05. The molecule has 0 bridgehead atoms. The van der Waals surface area contributed by atoms with Gasteiger partial charge in [0, 0.05) is 17.4 Å². The first kappa shape index (κ1) is 27.8. The van der Waals surface area contributed by atoms with E-state index in [4.69, 9.17) is 0 Å². The predicted octanol–water partition coefficient (Wildman–Crippen LogP) is 10.2. The molecule has 0 heterocycles. The van der Waals surface area contributed by atoms with Crippen LogP contribution in [0.4, 0.5) is 11.4 Å². The van der Waals surface area contributed by atoms with Crippen LogP contribution in [0.2, 0.25) is 0 Å². The van der Waals surface area contributed by atoms with Gasteiger partial charge in [0.15, 0.2) is 0 Å². The maximum absolute atomic E-state index is 4.05. The summed E-state index contributed by atoms with van der Waals surface area (Å²) in [7, 11) is 0. The van der Waals surface area contributed by atoms with Crippen LogP contribution in [0.15, 0.2) is 66.7 Å². The molecule has 3 aromatic carbocycles. The van der Waals surface area contributed by atoms with Gasteiger partial charge in [-0.05, 0) is 64.8 Å². The Labute approximate surface area is 220 Å². The normalized spacial score (nSPS) is 13.5. The van der Waals surface area contributed by atoms with Gasteiger partial charge < -0.3 is 10.6 Å². The first-order valence-corrected chi connectivity index (χ1v) is 13.9. The van der Waals surface area contributed by atoms with E-state index in [1.165, 1.54) is 39.2 Å². The van der Waals surface area contributed by atoms with E-state index >= 15 is 0 Å². The van der Waals surface area contributed by atoms with Gasteiger partial charge in [-0.1, -0.05) is 122 Å². The Kier molecular flexibility index (Phi) is 9.65. The first-order chi connectivity index (χ1) is 17.1. The molecule has 0 aromatic heterocycles. The molecule has 0 aliphatic heterocycles. The van der Waals surface area contributed by atoms with Crippen LogP contribution in [0.5, 0.6) is 0 Å². The molecule has 194 valence electrons. The molecule has 2 unspecified atom stereocenters. The Morgan fingerprint density at radius 3 is 1.25 bits per heavy atom. The van der Waals surface area contributed by atoms with Crippen molar-refractivity contribution in [3.05, 3.63) is 94.5 Å². The minimum absolute atomic E-state index is 0.208. The molecule has 3 aromatic rings. The molecule has 0 fully saturated rings. The van der Waals surface area contributed by atoms with E-state index in [0.717, 1.165) is 6.42 Å². The van der Waals surface area contributed by atoms with Crippen molar-refractivity contribution in [3.63, 3.8) is 0 Å². The molecule has 2 heteroatoms. The number of benzene rings is 3. The fraction of sp³-hybridized carbons (Fsp3) is 0.471. The number of para-hydroxylation sites is 2. The van der Waals surface area contributed by atoms with Crippen molar-refractivity contribution in [2.45, 2.75) is 104 Å². The Morgan fingerprint density at radius 1 is 0.472 bits per heavy atom. The van der Waals surface area contributed by atoms with Crippen LogP contribution in [-0.2, 0) is 0 Å². The first-order valence-electron chi connectivity index (χ1n) is 13.9. The molecule has 0 radical (unpaired) electrons. The van der Waals surface area contributed by atoms with E-state index in [0.29, 0.717) is 29.7 Å². The van der Waals surface area contributed by atoms with Gasteiger partial charge in [-0.3, -0.25) is 0 Å². The Bertz CT molecular complexity index is 1040. The third-order valence-electron chi connectivity index (χ3n) is 7.25. The highest BCUT2D eigenvalue weighted by atomic mass is 15.0. The van der Waals surface area contributed by atoms with Crippen molar-refractivity contribution in [2.75, 3.05) is 10.6 Å². The Hall–Kier alpha value is -2.74. The van der Waals surface area contributed by atoms with E-state index in [9.17, 15) is 0 Å². The van der Waals surface area contributed by atoms with Crippen LogP contribution < -0.4 is 10.6 Å². The SMILES string of the molecule is CC(CC(Nc1c(C(C)C)cccc1C(C)C)c1ccccc1)Nc1c(C(C)C)cccc1C(C)C. The van der Waals surface area contributed by atoms with Gasteiger partial charge in [0.1, 0.15) is 0 Å². The second-order valence-electron chi connectivity index (χ2n) is 11.6. The third kappa shape index (κ3) is 6.72. The fourth-order valence-electron chi connectivity index (χ4n) is 5.23. The molecule has 0 aliphatic rings. The topological polar surface area (TPSA) is 24.1 Å². The highest BCUT2D eigenvalue weighted by molar-refractivity contribution is 5.62. The molecule has 36 heavy (non-hydrogen) atoms. The summed E-state index contributed by atoms with van der Waals surface area (Å²) in [6.07, 6.45) is 0.984. The van der Waals surface area contributed by atoms with Crippen molar-refractivity contribution in [3.8, 4) is 0 Å². The number of nitrogens with one attached hydrogen (secondary N) is 2. The van der Waals surface area contributed by atoms with Crippen LogP contribution in [-0.4, -0.2) is 6.04 Å². The smallest absolute Gasteiger partial charge is 0.0533 e. The van der Waals surface area contributed by atoms with Crippen LogP contribution in [0.25, 0.3) is 0 Å². The molecule has 2 N–H and O–H groups in total. The molecule has 2 atom stereocenters. The van der Waals surface area contributed by atoms with E-state index in [2.05, 4.69) is 140 Å². The van der Waals surface area contributed by atoms with Crippen molar-refractivity contribution >= 4 is 11.4 Å². The van der Waals surface area contributed by atoms with Crippen LogP contribution in [0.1, 0.15) is 126 Å². The molecule has 0 amide bonds. The minimum Gasteiger partial charge on any atom is -0.382 e. The molecular formula is C34H48N2. The van der Waals surface area contributed by atoms with E-state index in [1.807, 2.05) is 0 Å². The second kappa shape index (κ2) is 12.5. The summed E-state index contributed by atoms with van der Waals surface area (Å²) >= 11 is 0. The Balaban J connectivity index is 1.98. The number of hydrogen-bond acceptors (Lipinski definition) is 2. The van der Waals surface area contributed by atoms with E-state index < -0.39 is 0 Å². The summed E-state index contributed by atoms with van der Waals surface area (Å²) < 4.78 is 0. The summed E-state index contributed by atoms with van der Waals surface area (Å²) in [5.41, 5.74) is 9.58. The van der Waals surface area contributed by atoms with Crippen molar-refractivity contribution in [1.82, 2.24) is 0 Å². The number of anilines is 2. The molecule has 0 saturated carbocycles. The summed E-state index contributed by atoms with van der Waals surface area (Å²) in [5, 5.41) is 8.01. The summed E-state index contributed by atoms with van der Waals surface area (Å²) in [6, 6.07) is 25.0. The summed E-state index contributed by atoms with van der Waals surface area (Å²) in [5.74, 6) is 1.88. The minimum atomic E-state index is 0.208. The quantitative estimate of drug-likeness (QED) is 0.283. The molecule has 3 rings (SSSR count). The lowest BCUT2D eigenvalue weighted by Crippen LogP contribution is -2.25. The number of hydrogen-bond donors (Lipinski definition) is 2. The van der Waals surface area contributed by atoms with Gasteiger partial charge in [-0.15, -0.1) is 0 Å². The lowest BCUT2D eigenvalue weighted by atomic mass is 9.90.